The summed E-state index contributed by atoms with van der Waals surface area (Å²) in [6.07, 6.45) is 0.851. The first-order chi connectivity index (χ1) is 14.7. The number of alkyl halides is 2. The molecule has 0 bridgehead atoms. The summed E-state index contributed by atoms with van der Waals surface area (Å²) in [7, 11) is 0. The third-order valence-corrected chi connectivity index (χ3v) is 5.14. The van der Waals surface area contributed by atoms with Gasteiger partial charge in [-0.05, 0) is 29.3 Å². The molecule has 166 valence electrons. The molecule has 1 aliphatic rings. The Hall–Kier alpha value is -2.78. The highest BCUT2D eigenvalue weighted by Gasteiger charge is 2.29. The number of rotatable bonds is 7. The maximum Gasteiger partial charge on any atom is 0.388 e. The standard InChI is InChI=1S/C21H23ClF2N4O3/c1-11(2)20(30)26-10-12-3-4-15(22)14(7-12)19-27-16(9-17(29)28-19)13-5-6-25-18(8-13)31-21(23)24/h3-8,11,16,19,21,27H,9-10H2,1-2H3,(H,26,30)(H,28,29). The zero-order chi connectivity index (χ0) is 22.5. The van der Waals surface area contributed by atoms with Crippen LogP contribution in [0.5, 0.6) is 5.88 Å². The molecule has 7 nitrogen and oxygen atoms in total. The number of benzene rings is 1. The van der Waals surface area contributed by atoms with Crippen molar-refractivity contribution in [3.63, 3.8) is 0 Å². The van der Waals surface area contributed by atoms with Crippen LogP contribution in [0.25, 0.3) is 0 Å². The summed E-state index contributed by atoms with van der Waals surface area (Å²) in [5.41, 5.74) is 2.04. The number of hydrogen-bond donors (Lipinski definition) is 3. The molecule has 1 aromatic heterocycles. The molecule has 0 saturated carbocycles. The van der Waals surface area contributed by atoms with Crippen molar-refractivity contribution in [2.24, 2.45) is 5.92 Å². The van der Waals surface area contributed by atoms with Crippen molar-refractivity contribution < 1.29 is 23.1 Å². The molecule has 2 heterocycles. The van der Waals surface area contributed by atoms with E-state index in [0.29, 0.717) is 22.7 Å². The van der Waals surface area contributed by atoms with Gasteiger partial charge < -0.3 is 15.4 Å². The number of ether oxygens (including phenoxy) is 1. The quantitative estimate of drug-likeness (QED) is 0.598. The number of carbonyl (C=O) groups is 2. The van der Waals surface area contributed by atoms with Gasteiger partial charge in [0.25, 0.3) is 0 Å². The summed E-state index contributed by atoms with van der Waals surface area (Å²) in [5.74, 6) is -0.652. The van der Waals surface area contributed by atoms with E-state index in [1.54, 1.807) is 38.1 Å². The normalized spacial score (nSPS) is 18.7. The number of nitrogens with one attached hydrogen (secondary N) is 3. The van der Waals surface area contributed by atoms with Gasteiger partial charge in [0, 0.05) is 47.8 Å². The van der Waals surface area contributed by atoms with Crippen molar-refractivity contribution in [1.82, 2.24) is 20.9 Å². The van der Waals surface area contributed by atoms with Crippen LogP contribution in [-0.4, -0.2) is 23.4 Å². The third kappa shape index (κ3) is 6.11. The van der Waals surface area contributed by atoms with Gasteiger partial charge in [0.15, 0.2) is 0 Å². The highest BCUT2D eigenvalue weighted by Crippen LogP contribution is 2.30. The Kier molecular flexibility index (Phi) is 7.40. The maximum atomic E-state index is 12.5. The van der Waals surface area contributed by atoms with Crippen molar-refractivity contribution in [2.45, 2.75) is 45.6 Å². The Morgan fingerprint density at radius 2 is 2.10 bits per heavy atom. The summed E-state index contributed by atoms with van der Waals surface area (Å²) in [6.45, 7) is 0.947. The van der Waals surface area contributed by atoms with E-state index in [4.69, 9.17) is 11.6 Å². The van der Waals surface area contributed by atoms with E-state index >= 15 is 0 Å². The van der Waals surface area contributed by atoms with E-state index in [9.17, 15) is 18.4 Å². The molecule has 1 aromatic carbocycles. The van der Waals surface area contributed by atoms with Crippen LogP contribution in [-0.2, 0) is 16.1 Å². The molecule has 1 saturated heterocycles. The van der Waals surface area contributed by atoms with Crippen molar-refractivity contribution in [3.05, 3.63) is 58.2 Å². The van der Waals surface area contributed by atoms with Crippen molar-refractivity contribution >= 4 is 23.4 Å². The van der Waals surface area contributed by atoms with Crippen LogP contribution < -0.4 is 20.7 Å². The Morgan fingerprint density at radius 3 is 2.81 bits per heavy atom. The maximum absolute atomic E-state index is 12.5. The Balaban J connectivity index is 1.79. The van der Waals surface area contributed by atoms with Crippen LogP contribution in [0, 0.1) is 5.92 Å². The molecule has 2 aromatic rings. The van der Waals surface area contributed by atoms with Gasteiger partial charge in [-0.2, -0.15) is 8.78 Å². The van der Waals surface area contributed by atoms with Crippen LogP contribution in [0.15, 0.2) is 36.5 Å². The molecule has 0 radical (unpaired) electrons. The molecule has 0 spiro atoms. The number of carbonyl (C=O) groups excluding carboxylic acids is 2. The van der Waals surface area contributed by atoms with Gasteiger partial charge in [-0.1, -0.05) is 31.5 Å². The van der Waals surface area contributed by atoms with E-state index in [1.165, 1.54) is 12.3 Å². The average molecular weight is 453 g/mol. The second-order valence-electron chi connectivity index (χ2n) is 7.46. The summed E-state index contributed by atoms with van der Waals surface area (Å²) in [4.78, 5) is 28.0. The Morgan fingerprint density at radius 1 is 1.32 bits per heavy atom. The first-order valence-electron chi connectivity index (χ1n) is 9.75. The fraction of sp³-hybridized carbons (Fsp3) is 0.381. The molecule has 2 amide bonds. The lowest BCUT2D eigenvalue weighted by molar-refractivity contribution is -0.125. The van der Waals surface area contributed by atoms with Gasteiger partial charge in [0.2, 0.25) is 17.7 Å². The van der Waals surface area contributed by atoms with Gasteiger partial charge in [0.1, 0.15) is 6.17 Å². The zero-order valence-electron chi connectivity index (χ0n) is 17.0. The molecule has 31 heavy (non-hydrogen) atoms. The molecule has 10 heteroatoms. The highest BCUT2D eigenvalue weighted by atomic mass is 35.5. The van der Waals surface area contributed by atoms with Crippen molar-refractivity contribution in [3.8, 4) is 5.88 Å². The van der Waals surface area contributed by atoms with Crippen LogP contribution in [0.2, 0.25) is 5.02 Å². The van der Waals surface area contributed by atoms with Crippen LogP contribution in [0.1, 0.15) is 49.2 Å². The number of aromatic nitrogens is 1. The SMILES string of the molecule is CC(C)C(=O)NCc1ccc(Cl)c(C2NC(=O)CC(c3ccnc(OC(F)F)c3)N2)c1. The van der Waals surface area contributed by atoms with Gasteiger partial charge in [-0.15, -0.1) is 0 Å². The lowest BCUT2D eigenvalue weighted by Gasteiger charge is -2.33. The molecular formula is C21H23ClF2N4O3. The summed E-state index contributed by atoms with van der Waals surface area (Å²) in [5, 5.41) is 9.40. The zero-order valence-corrected chi connectivity index (χ0v) is 17.7. The van der Waals surface area contributed by atoms with Crippen molar-refractivity contribution in [2.75, 3.05) is 0 Å². The predicted octanol–water partition coefficient (Wildman–Crippen LogP) is 3.46. The van der Waals surface area contributed by atoms with Gasteiger partial charge >= 0.3 is 6.61 Å². The largest absolute Gasteiger partial charge is 0.417 e. The minimum absolute atomic E-state index is 0.0693. The van der Waals surface area contributed by atoms with Gasteiger partial charge in [-0.3, -0.25) is 14.9 Å². The molecule has 1 fully saturated rings. The van der Waals surface area contributed by atoms with Crippen molar-refractivity contribution in [1.29, 1.82) is 0 Å². The second kappa shape index (κ2) is 10.0. The number of hydrogen-bond acceptors (Lipinski definition) is 5. The van der Waals surface area contributed by atoms with Crippen LogP contribution >= 0.6 is 11.6 Å². The number of halogens is 3. The van der Waals surface area contributed by atoms with Crippen LogP contribution in [0.4, 0.5) is 8.78 Å². The van der Waals surface area contributed by atoms with Crippen LogP contribution in [0.3, 0.4) is 0 Å². The topological polar surface area (TPSA) is 92.4 Å². The lowest BCUT2D eigenvalue weighted by Crippen LogP contribution is -2.46. The Labute approximate surface area is 183 Å². The summed E-state index contributed by atoms with van der Waals surface area (Å²) >= 11 is 6.37. The second-order valence-corrected chi connectivity index (χ2v) is 7.87. The van der Waals surface area contributed by atoms with Gasteiger partial charge in [-0.25, -0.2) is 4.98 Å². The highest BCUT2D eigenvalue weighted by molar-refractivity contribution is 6.31. The molecule has 3 N–H and O–H groups in total. The fourth-order valence-corrected chi connectivity index (χ4v) is 3.43. The number of pyridine rings is 1. The van der Waals surface area contributed by atoms with E-state index < -0.39 is 18.8 Å². The predicted molar refractivity (Wildman–Crippen MR) is 110 cm³/mol. The van der Waals surface area contributed by atoms with E-state index in [-0.39, 0.29) is 30.0 Å². The lowest BCUT2D eigenvalue weighted by atomic mass is 9.99. The fourth-order valence-electron chi connectivity index (χ4n) is 3.20. The number of amides is 2. The smallest absolute Gasteiger partial charge is 0.388 e. The minimum Gasteiger partial charge on any atom is -0.417 e. The summed E-state index contributed by atoms with van der Waals surface area (Å²) < 4.78 is 29.3. The molecule has 2 unspecified atom stereocenters. The first-order valence-corrected chi connectivity index (χ1v) is 10.1. The molecule has 2 atom stereocenters. The molecule has 1 aliphatic heterocycles. The minimum atomic E-state index is -2.99. The number of nitrogens with zero attached hydrogens (tertiary/aromatic N) is 1. The molecule has 0 aliphatic carbocycles. The molecule has 3 rings (SSSR count). The van der Waals surface area contributed by atoms with E-state index in [0.717, 1.165) is 5.56 Å². The summed E-state index contributed by atoms with van der Waals surface area (Å²) in [6, 6.07) is 7.85. The van der Waals surface area contributed by atoms with E-state index in [1.807, 2.05) is 0 Å². The average Bonchev–Trinajstić information content (AvgIpc) is 2.72. The first kappa shape index (κ1) is 22.9. The molecular weight excluding hydrogens is 430 g/mol. The Bertz CT molecular complexity index is 958. The van der Waals surface area contributed by atoms with E-state index in [2.05, 4.69) is 25.7 Å². The monoisotopic (exact) mass is 452 g/mol. The van der Waals surface area contributed by atoms with Gasteiger partial charge in [0.05, 0.1) is 0 Å². The third-order valence-electron chi connectivity index (χ3n) is 4.80.